The Morgan fingerprint density at radius 3 is 2.35 bits per heavy atom. The third kappa shape index (κ3) is 6.35. The molecule has 0 N–H and O–H groups in total. The van der Waals surface area contributed by atoms with Crippen molar-refractivity contribution in [2.24, 2.45) is 5.92 Å². The molecule has 6 nitrogen and oxygen atoms in total. The van der Waals surface area contributed by atoms with Gasteiger partial charge in [-0.05, 0) is 68.5 Å². The quantitative estimate of drug-likeness (QED) is 0.318. The lowest BCUT2D eigenvalue weighted by molar-refractivity contribution is -0.137. The van der Waals surface area contributed by atoms with Gasteiger partial charge in [-0.1, -0.05) is 29.8 Å². The van der Waals surface area contributed by atoms with Crippen LogP contribution >= 0.6 is 11.6 Å². The highest BCUT2D eigenvalue weighted by atomic mass is 35.5. The van der Waals surface area contributed by atoms with E-state index >= 15 is 0 Å². The minimum absolute atomic E-state index is 0.0726. The van der Waals surface area contributed by atoms with Crippen molar-refractivity contribution in [3.05, 3.63) is 82.1 Å². The van der Waals surface area contributed by atoms with E-state index in [-0.39, 0.29) is 29.1 Å². The molecule has 1 heterocycles. The second kappa shape index (κ2) is 10.5. The molecule has 1 fully saturated rings. The first kappa shape index (κ1) is 27.2. The molecule has 3 aromatic rings. The Kier molecular flexibility index (Phi) is 7.71. The van der Waals surface area contributed by atoms with E-state index in [0.717, 1.165) is 25.0 Å². The molecule has 0 bridgehead atoms. The third-order valence-corrected chi connectivity index (χ3v) is 8.13. The van der Waals surface area contributed by atoms with E-state index in [4.69, 9.17) is 11.6 Å². The molecule has 1 saturated carbocycles. The van der Waals surface area contributed by atoms with Crippen LogP contribution in [0.1, 0.15) is 59.9 Å². The van der Waals surface area contributed by atoms with E-state index in [1.165, 1.54) is 18.3 Å². The van der Waals surface area contributed by atoms with Crippen molar-refractivity contribution in [2.45, 2.75) is 56.4 Å². The summed E-state index contributed by atoms with van der Waals surface area (Å²) < 4.78 is 67.1. The number of rotatable bonds is 9. The van der Waals surface area contributed by atoms with Crippen molar-refractivity contribution in [1.82, 2.24) is 14.5 Å². The smallest absolute Gasteiger partial charge is 0.332 e. The van der Waals surface area contributed by atoms with Crippen molar-refractivity contribution >= 4 is 27.3 Å². The molecular weight excluding hydrogens is 527 g/mol. The molecule has 11 heteroatoms. The van der Waals surface area contributed by atoms with Crippen molar-refractivity contribution in [1.29, 1.82) is 0 Å². The Bertz CT molecular complexity index is 1380. The summed E-state index contributed by atoms with van der Waals surface area (Å²) in [7, 11) is -3.87. The van der Waals surface area contributed by atoms with Gasteiger partial charge in [0.15, 0.2) is 0 Å². The number of imidazole rings is 1. The van der Waals surface area contributed by atoms with Crippen molar-refractivity contribution < 1.29 is 26.4 Å². The first-order valence-corrected chi connectivity index (χ1v) is 13.9. The number of halogens is 4. The number of alkyl halides is 3. The van der Waals surface area contributed by atoms with Crippen LogP contribution in [-0.2, 0) is 28.3 Å². The number of amides is 1. The van der Waals surface area contributed by atoms with Crippen LogP contribution in [0.25, 0.3) is 0 Å². The van der Waals surface area contributed by atoms with E-state index < -0.39 is 27.5 Å². The molecule has 37 heavy (non-hydrogen) atoms. The van der Waals surface area contributed by atoms with Gasteiger partial charge < -0.3 is 9.47 Å². The van der Waals surface area contributed by atoms with E-state index in [2.05, 4.69) is 4.98 Å². The number of sulfone groups is 1. The standard InChI is InChI=1S/C26H27ClF3N3O3S/c1-17(2)33-22(13-31-25(33)37(35,36)16-20-5-3-4-6-23(20)27)15-32(14-18-7-8-18)24(34)19-9-11-21(12-10-19)26(28,29)30/h3-6,9-13,17-18H,7-8,14-16H2,1-2H3. The molecular formula is C26H27ClF3N3O3S. The first-order valence-electron chi connectivity index (χ1n) is 11.9. The molecule has 0 spiro atoms. The summed E-state index contributed by atoms with van der Waals surface area (Å²) in [5.74, 6) is -0.443. The summed E-state index contributed by atoms with van der Waals surface area (Å²) in [5.41, 5.74) is 0.283. The van der Waals surface area contributed by atoms with Gasteiger partial charge in [0.25, 0.3) is 5.91 Å². The van der Waals surface area contributed by atoms with Crippen LogP contribution in [0.5, 0.6) is 0 Å². The van der Waals surface area contributed by atoms with Gasteiger partial charge in [0.2, 0.25) is 15.0 Å². The maximum atomic E-state index is 13.3. The Hall–Kier alpha value is -2.85. The number of carbonyl (C=O) groups is 1. The normalized spacial score (nSPS) is 14.2. The third-order valence-electron chi connectivity index (χ3n) is 6.21. The molecule has 2 aromatic carbocycles. The number of benzene rings is 2. The van der Waals surface area contributed by atoms with Crippen LogP contribution in [0, 0.1) is 5.92 Å². The summed E-state index contributed by atoms with van der Waals surface area (Å²) in [6.45, 7) is 4.14. The van der Waals surface area contributed by atoms with Crippen molar-refractivity contribution in [3.63, 3.8) is 0 Å². The molecule has 1 amide bonds. The molecule has 1 aliphatic rings. The van der Waals surface area contributed by atoms with Gasteiger partial charge in [-0.3, -0.25) is 4.79 Å². The predicted molar refractivity (Wildman–Crippen MR) is 134 cm³/mol. The minimum atomic E-state index is -4.50. The number of hydrogen-bond donors (Lipinski definition) is 0. The van der Waals surface area contributed by atoms with E-state index in [1.807, 2.05) is 13.8 Å². The zero-order chi connectivity index (χ0) is 27.0. The van der Waals surface area contributed by atoms with E-state index in [9.17, 15) is 26.4 Å². The van der Waals surface area contributed by atoms with Crippen molar-refractivity contribution in [3.8, 4) is 0 Å². The highest BCUT2D eigenvalue weighted by molar-refractivity contribution is 7.90. The highest BCUT2D eigenvalue weighted by Crippen LogP contribution is 2.33. The van der Waals surface area contributed by atoms with Crippen LogP contribution in [-0.4, -0.2) is 35.3 Å². The van der Waals surface area contributed by atoms with Gasteiger partial charge in [-0.25, -0.2) is 13.4 Å². The van der Waals surface area contributed by atoms with Gasteiger partial charge in [-0.15, -0.1) is 0 Å². The molecule has 0 unspecified atom stereocenters. The minimum Gasteiger partial charge on any atom is -0.332 e. The summed E-state index contributed by atoms with van der Waals surface area (Å²) in [6, 6.07) is 10.5. The average molecular weight is 554 g/mol. The van der Waals surface area contributed by atoms with Gasteiger partial charge in [0.05, 0.1) is 29.8 Å². The lowest BCUT2D eigenvalue weighted by Gasteiger charge is -2.25. The number of nitrogens with zero attached hydrogens (tertiary/aromatic N) is 3. The van der Waals surface area contributed by atoms with Gasteiger partial charge in [-0.2, -0.15) is 13.2 Å². The average Bonchev–Trinajstić information content (AvgIpc) is 3.54. The Labute approximate surface area is 219 Å². The van der Waals surface area contributed by atoms with E-state index in [1.54, 1.807) is 33.7 Å². The Balaban J connectivity index is 1.63. The first-order chi connectivity index (χ1) is 17.4. The van der Waals surface area contributed by atoms with Crippen LogP contribution in [0.4, 0.5) is 13.2 Å². The fourth-order valence-corrected chi connectivity index (χ4v) is 6.09. The molecule has 0 radical (unpaired) electrons. The van der Waals surface area contributed by atoms with Crippen LogP contribution < -0.4 is 0 Å². The molecule has 1 aliphatic carbocycles. The number of aromatic nitrogens is 2. The molecule has 4 rings (SSSR count). The Morgan fingerprint density at radius 2 is 1.78 bits per heavy atom. The molecule has 0 saturated heterocycles. The van der Waals surface area contributed by atoms with Gasteiger partial charge in [0, 0.05) is 23.2 Å². The monoisotopic (exact) mass is 553 g/mol. The summed E-state index contributed by atoms with van der Waals surface area (Å²) in [5, 5.41) is 0.220. The summed E-state index contributed by atoms with van der Waals surface area (Å²) >= 11 is 6.18. The lowest BCUT2D eigenvalue weighted by atomic mass is 10.1. The maximum absolute atomic E-state index is 13.3. The second-order valence-corrected chi connectivity index (χ2v) is 11.8. The molecule has 0 aliphatic heterocycles. The van der Waals surface area contributed by atoms with E-state index in [0.29, 0.717) is 28.7 Å². The fourth-order valence-electron chi connectivity index (χ4n) is 4.17. The zero-order valence-electron chi connectivity index (χ0n) is 20.4. The Morgan fingerprint density at radius 1 is 1.14 bits per heavy atom. The fraction of sp³-hybridized carbons (Fsp3) is 0.385. The topological polar surface area (TPSA) is 72.3 Å². The van der Waals surface area contributed by atoms with Gasteiger partial charge in [0.1, 0.15) is 0 Å². The van der Waals surface area contributed by atoms with Gasteiger partial charge >= 0.3 is 6.18 Å². The molecule has 1 aromatic heterocycles. The van der Waals surface area contributed by atoms with Crippen LogP contribution in [0.3, 0.4) is 0 Å². The largest absolute Gasteiger partial charge is 0.416 e. The second-order valence-electron chi connectivity index (χ2n) is 9.55. The lowest BCUT2D eigenvalue weighted by Crippen LogP contribution is -2.33. The zero-order valence-corrected chi connectivity index (χ0v) is 21.9. The van der Waals surface area contributed by atoms with Crippen LogP contribution in [0.2, 0.25) is 5.02 Å². The molecule has 0 atom stereocenters. The highest BCUT2D eigenvalue weighted by Gasteiger charge is 2.33. The summed E-state index contributed by atoms with van der Waals surface area (Å²) in [6.07, 6.45) is -1.14. The van der Waals surface area contributed by atoms with Crippen molar-refractivity contribution in [2.75, 3.05) is 6.54 Å². The van der Waals surface area contributed by atoms with Crippen LogP contribution in [0.15, 0.2) is 59.9 Å². The SMILES string of the molecule is CC(C)n1c(CN(CC2CC2)C(=O)c2ccc(C(F)(F)F)cc2)cnc1S(=O)(=O)Cc1ccccc1Cl. The number of hydrogen-bond acceptors (Lipinski definition) is 4. The maximum Gasteiger partial charge on any atom is 0.416 e. The summed E-state index contributed by atoms with van der Waals surface area (Å²) in [4.78, 5) is 19.1. The number of carbonyl (C=O) groups excluding carboxylic acids is 1. The molecule has 198 valence electrons. The predicted octanol–water partition coefficient (Wildman–Crippen LogP) is 6.16.